The summed E-state index contributed by atoms with van der Waals surface area (Å²) >= 11 is 11.1. The van der Waals surface area contributed by atoms with Gasteiger partial charge in [0.25, 0.3) is 5.56 Å². The number of benzene rings is 3. The molecule has 0 radical (unpaired) electrons. The van der Waals surface area contributed by atoms with Gasteiger partial charge in [0.05, 0.1) is 18.0 Å². The Balaban J connectivity index is 1.72. The van der Waals surface area contributed by atoms with Crippen LogP contribution in [0.3, 0.4) is 0 Å². The first kappa shape index (κ1) is 21.0. The predicted molar refractivity (Wildman–Crippen MR) is 125 cm³/mol. The smallest absolute Gasteiger partial charge is 0.262 e. The van der Waals surface area contributed by atoms with E-state index in [2.05, 4.69) is 4.98 Å². The van der Waals surface area contributed by atoms with E-state index in [0.717, 1.165) is 11.1 Å². The van der Waals surface area contributed by atoms with Crippen molar-refractivity contribution in [3.63, 3.8) is 0 Å². The SMILES string of the molecule is COc1ccc2[nH]c(=S)n(C)c(=O)c2c1Cc1ccc(C(=O)c2ccc(Cl)cc2)cc1. The molecular formula is C24H19ClN2O3S. The maximum atomic E-state index is 12.9. The lowest BCUT2D eigenvalue weighted by Crippen LogP contribution is -2.20. The number of carbonyl (C=O) groups excluding carboxylic acids is 1. The van der Waals surface area contributed by atoms with Gasteiger partial charge in [0.15, 0.2) is 10.6 Å². The fourth-order valence-corrected chi connectivity index (χ4v) is 3.87. The number of fused-ring (bicyclic) bond motifs is 1. The van der Waals surface area contributed by atoms with Crippen LogP contribution >= 0.6 is 23.8 Å². The van der Waals surface area contributed by atoms with Crippen LogP contribution in [0.2, 0.25) is 5.02 Å². The van der Waals surface area contributed by atoms with Crippen molar-refractivity contribution in [2.75, 3.05) is 7.11 Å². The topological polar surface area (TPSA) is 64.1 Å². The van der Waals surface area contributed by atoms with Gasteiger partial charge in [-0.15, -0.1) is 0 Å². The number of aromatic amines is 1. The molecule has 31 heavy (non-hydrogen) atoms. The van der Waals surface area contributed by atoms with Crippen molar-refractivity contribution >= 4 is 40.5 Å². The summed E-state index contributed by atoms with van der Waals surface area (Å²) in [4.78, 5) is 28.7. The molecule has 3 aromatic carbocycles. The summed E-state index contributed by atoms with van der Waals surface area (Å²) in [7, 11) is 3.22. The molecule has 4 aromatic rings. The highest BCUT2D eigenvalue weighted by molar-refractivity contribution is 7.71. The Morgan fingerprint density at radius 2 is 1.65 bits per heavy atom. The molecule has 0 amide bonds. The van der Waals surface area contributed by atoms with Gasteiger partial charge < -0.3 is 9.72 Å². The third-order valence-corrected chi connectivity index (χ3v) is 5.89. The maximum absolute atomic E-state index is 12.9. The van der Waals surface area contributed by atoms with Crippen LogP contribution in [-0.2, 0) is 13.5 Å². The van der Waals surface area contributed by atoms with Crippen molar-refractivity contribution in [2.24, 2.45) is 7.05 Å². The van der Waals surface area contributed by atoms with E-state index in [9.17, 15) is 9.59 Å². The number of rotatable bonds is 5. The summed E-state index contributed by atoms with van der Waals surface area (Å²) in [6.45, 7) is 0. The van der Waals surface area contributed by atoms with Gasteiger partial charge in [0, 0.05) is 35.2 Å². The normalized spacial score (nSPS) is 10.9. The lowest BCUT2D eigenvalue weighted by Gasteiger charge is -2.13. The molecule has 0 bridgehead atoms. The number of nitrogens with zero attached hydrogens (tertiary/aromatic N) is 1. The molecule has 1 aromatic heterocycles. The molecule has 0 aliphatic carbocycles. The van der Waals surface area contributed by atoms with Crippen molar-refractivity contribution in [1.29, 1.82) is 0 Å². The molecule has 0 unspecified atom stereocenters. The van der Waals surface area contributed by atoms with Crippen LogP contribution in [0.25, 0.3) is 10.9 Å². The number of aromatic nitrogens is 2. The second-order valence-electron chi connectivity index (χ2n) is 7.17. The van der Waals surface area contributed by atoms with E-state index in [1.807, 2.05) is 18.2 Å². The van der Waals surface area contributed by atoms with E-state index < -0.39 is 0 Å². The summed E-state index contributed by atoms with van der Waals surface area (Å²) < 4.78 is 7.30. The largest absolute Gasteiger partial charge is 0.496 e. The molecule has 0 saturated heterocycles. The van der Waals surface area contributed by atoms with Crippen LogP contribution in [0, 0.1) is 4.77 Å². The lowest BCUT2D eigenvalue weighted by molar-refractivity contribution is 0.103. The van der Waals surface area contributed by atoms with Crippen LogP contribution in [0.15, 0.2) is 65.5 Å². The number of hydrogen-bond acceptors (Lipinski definition) is 4. The second-order valence-corrected chi connectivity index (χ2v) is 8.00. The average Bonchev–Trinajstić information content (AvgIpc) is 2.78. The number of methoxy groups -OCH3 is 1. The molecule has 0 saturated carbocycles. The number of hydrogen-bond donors (Lipinski definition) is 1. The highest BCUT2D eigenvalue weighted by Crippen LogP contribution is 2.28. The maximum Gasteiger partial charge on any atom is 0.262 e. The molecule has 0 spiro atoms. The Kier molecular flexibility index (Phi) is 5.76. The zero-order valence-corrected chi connectivity index (χ0v) is 18.5. The summed E-state index contributed by atoms with van der Waals surface area (Å²) in [5.74, 6) is 0.545. The first-order valence-electron chi connectivity index (χ1n) is 9.57. The highest BCUT2D eigenvalue weighted by Gasteiger charge is 2.15. The van der Waals surface area contributed by atoms with Gasteiger partial charge in [-0.25, -0.2) is 0 Å². The molecule has 1 N–H and O–H groups in total. The zero-order valence-electron chi connectivity index (χ0n) is 16.9. The van der Waals surface area contributed by atoms with E-state index in [4.69, 9.17) is 28.6 Å². The summed E-state index contributed by atoms with van der Waals surface area (Å²) in [6.07, 6.45) is 0.468. The Labute approximate surface area is 188 Å². The fourth-order valence-electron chi connectivity index (χ4n) is 3.55. The minimum absolute atomic E-state index is 0.0765. The average molecular weight is 451 g/mol. The number of carbonyl (C=O) groups is 1. The third-order valence-electron chi connectivity index (χ3n) is 5.26. The molecule has 0 aliphatic rings. The lowest BCUT2D eigenvalue weighted by atomic mass is 9.97. The summed E-state index contributed by atoms with van der Waals surface area (Å²) in [5, 5.41) is 1.12. The predicted octanol–water partition coefficient (Wildman–Crippen LogP) is 5.08. The van der Waals surface area contributed by atoms with Crippen molar-refractivity contribution in [3.8, 4) is 5.75 Å². The Hall–Kier alpha value is -3.22. The quantitative estimate of drug-likeness (QED) is 0.340. The monoisotopic (exact) mass is 450 g/mol. The minimum atomic E-state index is -0.179. The number of ketones is 1. The standard InChI is InChI=1S/C24H19ClN2O3S/c1-27-23(29)21-18(20(30-2)12-11-19(21)26-24(27)31)13-14-3-5-15(6-4-14)22(28)16-7-9-17(25)10-8-16/h3-12H,13H2,1-2H3,(H,26,31). The van der Waals surface area contributed by atoms with Crippen LogP contribution in [0.5, 0.6) is 5.75 Å². The Morgan fingerprint density at radius 1 is 1.03 bits per heavy atom. The first-order chi connectivity index (χ1) is 14.9. The van der Waals surface area contributed by atoms with Gasteiger partial charge in [-0.3, -0.25) is 14.2 Å². The van der Waals surface area contributed by atoms with Crippen LogP contribution in [0.4, 0.5) is 0 Å². The van der Waals surface area contributed by atoms with E-state index in [1.54, 1.807) is 56.6 Å². The third kappa shape index (κ3) is 4.04. The molecule has 5 nitrogen and oxygen atoms in total. The van der Waals surface area contributed by atoms with Crippen molar-refractivity contribution in [1.82, 2.24) is 9.55 Å². The number of nitrogens with one attached hydrogen (secondary N) is 1. The van der Waals surface area contributed by atoms with Crippen molar-refractivity contribution < 1.29 is 9.53 Å². The van der Waals surface area contributed by atoms with Gasteiger partial charge in [-0.1, -0.05) is 35.9 Å². The fraction of sp³-hybridized carbons (Fsp3) is 0.125. The van der Waals surface area contributed by atoms with Crippen LogP contribution in [-0.4, -0.2) is 22.4 Å². The second kappa shape index (κ2) is 8.49. The molecule has 156 valence electrons. The van der Waals surface area contributed by atoms with E-state index in [-0.39, 0.29) is 11.3 Å². The Morgan fingerprint density at radius 3 is 2.26 bits per heavy atom. The number of ether oxygens (including phenoxy) is 1. The molecule has 1 heterocycles. The summed E-state index contributed by atoms with van der Waals surface area (Å²) in [6, 6.07) is 17.8. The molecule has 0 aliphatic heterocycles. The molecule has 7 heteroatoms. The number of H-pyrrole nitrogens is 1. The van der Waals surface area contributed by atoms with Gasteiger partial charge in [-0.2, -0.15) is 0 Å². The minimum Gasteiger partial charge on any atom is -0.496 e. The van der Waals surface area contributed by atoms with E-state index in [1.165, 1.54) is 4.57 Å². The van der Waals surface area contributed by atoms with Gasteiger partial charge in [-0.05, 0) is 54.2 Å². The Bertz CT molecular complexity index is 1400. The van der Waals surface area contributed by atoms with Gasteiger partial charge in [0.2, 0.25) is 0 Å². The molecule has 0 atom stereocenters. The number of halogens is 1. The van der Waals surface area contributed by atoms with Crippen molar-refractivity contribution in [3.05, 3.63) is 103 Å². The molecular weight excluding hydrogens is 432 g/mol. The first-order valence-corrected chi connectivity index (χ1v) is 10.4. The van der Waals surface area contributed by atoms with Crippen molar-refractivity contribution in [2.45, 2.75) is 6.42 Å². The van der Waals surface area contributed by atoms with Gasteiger partial charge in [0.1, 0.15) is 5.75 Å². The molecule has 4 rings (SSSR count). The van der Waals surface area contributed by atoms with E-state index in [0.29, 0.717) is 44.0 Å². The van der Waals surface area contributed by atoms with Crippen LogP contribution in [0.1, 0.15) is 27.0 Å². The molecule has 0 fully saturated rings. The highest BCUT2D eigenvalue weighted by atomic mass is 35.5. The summed E-state index contributed by atoms with van der Waals surface area (Å²) in [5.41, 5.74) is 3.36. The zero-order chi connectivity index (χ0) is 22.1. The van der Waals surface area contributed by atoms with Gasteiger partial charge >= 0.3 is 0 Å². The van der Waals surface area contributed by atoms with E-state index >= 15 is 0 Å². The van der Waals surface area contributed by atoms with Crippen LogP contribution < -0.4 is 10.3 Å².